The predicted octanol–water partition coefficient (Wildman–Crippen LogP) is -0.398. The maximum Gasteiger partial charge on any atom is 0.337 e. The van der Waals surface area contributed by atoms with Gasteiger partial charge in [-0.15, -0.1) is 0 Å². The van der Waals surface area contributed by atoms with Gasteiger partial charge in [0, 0.05) is 12.6 Å². The number of aromatic carboxylic acids is 1. The summed E-state index contributed by atoms with van der Waals surface area (Å²) in [5.74, 6) is -0.944. The van der Waals surface area contributed by atoms with Crippen LogP contribution in [0.3, 0.4) is 0 Å². The summed E-state index contributed by atoms with van der Waals surface area (Å²) in [6.45, 7) is 0. The van der Waals surface area contributed by atoms with Crippen molar-refractivity contribution >= 4 is 17.7 Å². The fourth-order valence-electron chi connectivity index (χ4n) is 1.43. The molecule has 15 heavy (non-hydrogen) atoms. The number of nitrogens with two attached hydrogens (primary N) is 1. The van der Waals surface area contributed by atoms with Gasteiger partial charge in [-0.25, -0.2) is 9.78 Å². The van der Waals surface area contributed by atoms with Crippen molar-refractivity contribution in [1.82, 2.24) is 4.98 Å². The molecule has 1 unspecified atom stereocenters. The van der Waals surface area contributed by atoms with Gasteiger partial charge in [-0.05, 0) is 11.6 Å². The van der Waals surface area contributed by atoms with Gasteiger partial charge in [0.25, 0.3) is 0 Å². The number of hydrogen-bond acceptors (Lipinski definition) is 4. The minimum atomic E-state index is -1.05. The van der Waals surface area contributed by atoms with Crippen molar-refractivity contribution in [1.29, 1.82) is 0 Å². The summed E-state index contributed by atoms with van der Waals surface area (Å²) in [6, 6.07) is 0.840. The number of carboxylic acids is 1. The molecule has 0 spiro atoms. The molecule has 1 atom stereocenters. The molecule has 0 saturated carbocycles. The first-order chi connectivity index (χ1) is 7.08. The molecule has 0 aliphatic carbocycles. The maximum absolute atomic E-state index is 11.2. The van der Waals surface area contributed by atoms with Crippen LogP contribution in [0.2, 0.25) is 0 Å². The fourth-order valence-corrected chi connectivity index (χ4v) is 1.43. The largest absolute Gasteiger partial charge is 0.478 e. The van der Waals surface area contributed by atoms with Crippen LogP contribution in [-0.2, 0) is 11.2 Å². The smallest absolute Gasteiger partial charge is 0.337 e. The molecule has 78 valence electrons. The summed E-state index contributed by atoms with van der Waals surface area (Å²) in [5.41, 5.74) is 6.28. The van der Waals surface area contributed by atoms with Crippen LogP contribution in [-0.4, -0.2) is 28.0 Å². The molecule has 0 bridgehead atoms. The van der Waals surface area contributed by atoms with E-state index in [1.54, 1.807) is 0 Å². The quantitative estimate of drug-likeness (QED) is 0.581. The van der Waals surface area contributed by atoms with Gasteiger partial charge in [0.05, 0.1) is 11.6 Å². The molecule has 2 rings (SSSR count). The van der Waals surface area contributed by atoms with Crippen LogP contribution in [0.5, 0.6) is 0 Å². The van der Waals surface area contributed by atoms with Crippen LogP contribution < -0.4 is 11.1 Å². The van der Waals surface area contributed by atoms with Crippen molar-refractivity contribution in [3.63, 3.8) is 0 Å². The number of nitrogens with one attached hydrogen (secondary N) is 1. The molecule has 0 radical (unpaired) electrons. The van der Waals surface area contributed by atoms with Crippen molar-refractivity contribution in [2.24, 2.45) is 5.73 Å². The lowest BCUT2D eigenvalue weighted by molar-refractivity contribution is -0.117. The molecule has 1 aromatic heterocycles. The number of nitrogens with zero attached hydrogens (tertiary/aromatic N) is 1. The number of amides is 1. The van der Waals surface area contributed by atoms with Crippen LogP contribution in [0, 0.1) is 0 Å². The molecule has 1 aliphatic rings. The number of hydrogen-bond donors (Lipinski definition) is 3. The standard InChI is InChI=1S/C9H9N3O3/c10-6-2-4-1-5(9(14)15)3-11-7(4)12-8(6)13/h1,3,6H,2,10H2,(H,14,15)(H,11,12,13). The molecule has 1 aromatic rings. The zero-order valence-corrected chi connectivity index (χ0v) is 7.73. The molecular weight excluding hydrogens is 198 g/mol. The molecule has 0 aromatic carbocycles. The van der Waals surface area contributed by atoms with Crippen molar-refractivity contribution in [3.05, 3.63) is 23.4 Å². The summed E-state index contributed by atoms with van der Waals surface area (Å²) in [4.78, 5) is 25.7. The number of aromatic nitrogens is 1. The molecular formula is C9H9N3O3. The van der Waals surface area contributed by atoms with Gasteiger partial charge in [-0.3, -0.25) is 4.79 Å². The monoisotopic (exact) mass is 207 g/mol. The lowest BCUT2D eigenvalue weighted by Gasteiger charge is -2.20. The normalized spacial score (nSPS) is 19.3. The van der Waals surface area contributed by atoms with Gasteiger partial charge in [0.1, 0.15) is 5.82 Å². The second-order valence-corrected chi connectivity index (χ2v) is 3.34. The Hall–Kier alpha value is -1.95. The number of carbonyl (C=O) groups is 2. The minimum absolute atomic E-state index is 0.0945. The van der Waals surface area contributed by atoms with E-state index in [0.717, 1.165) is 0 Å². The third-order valence-corrected chi connectivity index (χ3v) is 2.23. The molecule has 1 aliphatic heterocycles. The van der Waals surface area contributed by atoms with E-state index in [2.05, 4.69) is 10.3 Å². The summed E-state index contributed by atoms with van der Waals surface area (Å²) < 4.78 is 0. The zero-order chi connectivity index (χ0) is 11.0. The molecule has 1 amide bonds. The van der Waals surface area contributed by atoms with E-state index in [-0.39, 0.29) is 11.5 Å². The SMILES string of the molecule is NC1Cc2cc(C(=O)O)cnc2NC1=O. The Labute approximate surface area is 85.1 Å². The van der Waals surface area contributed by atoms with Gasteiger partial charge in [0.15, 0.2) is 0 Å². The number of rotatable bonds is 1. The Morgan fingerprint density at radius 2 is 2.40 bits per heavy atom. The lowest BCUT2D eigenvalue weighted by atomic mass is 10.0. The summed E-state index contributed by atoms with van der Waals surface area (Å²) in [6.07, 6.45) is 1.52. The van der Waals surface area contributed by atoms with Crippen LogP contribution in [0.15, 0.2) is 12.3 Å². The van der Waals surface area contributed by atoms with E-state index >= 15 is 0 Å². The summed E-state index contributed by atoms with van der Waals surface area (Å²) in [5, 5.41) is 11.3. The fraction of sp³-hybridized carbons (Fsp3) is 0.222. The number of fused-ring (bicyclic) bond motifs is 1. The van der Waals surface area contributed by atoms with E-state index in [9.17, 15) is 9.59 Å². The third-order valence-electron chi connectivity index (χ3n) is 2.23. The Kier molecular flexibility index (Phi) is 2.12. The Balaban J connectivity index is 2.41. The molecule has 6 nitrogen and oxygen atoms in total. The molecule has 0 saturated heterocycles. The van der Waals surface area contributed by atoms with Crippen LogP contribution in [0.4, 0.5) is 5.82 Å². The molecule has 6 heteroatoms. The van der Waals surface area contributed by atoms with Crippen LogP contribution >= 0.6 is 0 Å². The second kappa shape index (κ2) is 3.32. The van der Waals surface area contributed by atoms with Crippen molar-refractivity contribution in [3.8, 4) is 0 Å². The van der Waals surface area contributed by atoms with Crippen LogP contribution in [0.25, 0.3) is 0 Å². The highest BCUT2D eigenvalue weighted by molar-refractivity contribution is 5.97. The van der Waals surface area contributed by atoms with Gasteiger partial charge in [-0.1, -0.05) is 0 Å². The minimum Gasteiger partial charge on any atom is -0.478 e. The van der Waals surface area contributed by atoms with E-state index < -0.39 is 12.0 Å². The van der Waals surface area contributed by atoms with Gasteiger partial charge < -0.3 is 16.2 Å². The van der Waals surface area contributed by atoms with Crippen molar-refractivity contribution in [2.45, 2.75) is 12.5 Å². The molecule has 4 N–H and O–H groups in total. The molecule has 2 heterocycles. The van der Waals surface area contributed by atoms with Gasteiger partial charge >= 0.3 is 5.97 Å². The van der Waals surface area contributed by atoms with E-state index in [1.807, 2.05) is 0 Å². The van der Waals surface area contributed by atoms with E-state index in [0.29, 0.717) is 17.8 Å². The first-order valence-corrected chi connectivity index (χ1v) is 4.36. The van der Waals surface area contributed by atoms with E-state index in [1.165, 1.54) is 12.3 Å². The number of carboxylic acid groups (broad SMARTS) is 1. The highest BCUT2D eigenvalue weighted by atomic mass is 16.4. The van der Waals surface area contributed by atoms with Crippen molar-refractivity contribution in [2.75, 3.05) is 5.32 Å². The Morgan fingerprint density at radius 1 is 1.67 bits per heavy atom. The van der Waals surface area contributed by atoms with Gasteiger partial charge in [0.2, 0.25) is 5.91 Å². The predicted molar refractivity (Wildman–Crippen MR) is 51.5 cm³/mol. The summed E-state index contributed by atoms with van der Waals surface area (Å²) in [7, 11) is 0. The topological polar surface area (TPSA) is 105 Å². The first-order valence-electron chi connectivity index (χ1n) is 4.36. The van der Waals surface area contributed by atoms with E-state index in [4.69, 9.17) is 10.8 Å². The highest BCUT2D eigenvalue weighted by Crippen LogP contribution is 2.20. The van der Waals surface area contributed by atoms with Gasteiger partial charge in [-0.2, -0.15) is 0 Å². The zero-order valence-electron chi connectivity index (χ0n) is 7.73. The number of pyridine rings is 1. The maximum atomic E-state index is 11.2. The highest BCUT2D eigenvalue weighted by Gasteiger charge is 2.24. The third kappa shape index (κ3) is 1.66. The Morgan fingerprint density at radius 3 is 3.07 bits per heavy atom. The van der Waals surface area contributed by atoms with Crippen LogP contribution in [0.1, 0.15) is 15.9 Å². The van der Waals surface area contributed by atoms with Crippen molar-refractivity contribution < 1.29 is 14.7 Å². The number of anilines is 1. The average Bonchev–Trinajstić information content (AvgIpc) is 2.19. The molecule has 0 fully saturated rings. The first kappa shape index (κ1) is 9.60. The summed E-state index contributed by atoms with van der Waals surface area (Å²) >= 11 is 0. The average molecular weight is 207 g/mol. The Bertz CT molecular complexity index is 444. The lowest BCUT2D eigenvalue weighted by Crippen LogP contribution is -2.41. The second-order valence-electron chi connectivity index (χ2n) is 3.34. The number of carbonyl (C=O) groups excluding carboxylic acids is 1.